The smallest absolute Gasteiger partial charge is 0.263 e. The molecule has 0 aliphatic carbocycles. The number of aromatic nitrogens is 2. The van der Waals surface area contributed by atoms with Crippen molar-refractivity contribution in [3.8, 4) is 0 Å². The van der Waals surface area contributed by atoms with E-state index in [4.69, 9.17) is 21.8 Å². The molecule has 0 aliphatic heterocycles. The van der Waals surface area contributed by atoms with Gasteiger partial charge in [0.15, 0.2) is 5.58 Å². The number of halogens is 1. The van der Waals surface area contributed by atoms with Crippen LogP contribution < -0.4 is 5.73 Å². The molecule has 3 aromatic rings. The maximum atomic E-state index is 5.77. The lowest BCUT2D eigenvalue weighted by atomic mass is 10.3. The predicted molar refractivity (Wildman–Crippen MR) is 71.8 cm³/mol. The van der Waals surface area contributed by atoms with Crippen LogP contribution in [0.25, 0.3) is 11.1 Å². The van der Waals surface area contributed by atoms with E-state index in [2.05, 4.69) is 9.97 Å². The van der Waals surface area contributed by atoms with E-state index in [1.165, 1.54) is 11.8 Å². The molecule has 18 heavy (non-hydrogen) atoms. The SMILES string of the molecule is Nc1ccc2oc(Sc3ccc(Cl)cn3)nc2c1. The normalized spacial score (nSPS) is 10.9. The number of nitrogens with two attached hydrogens (primary N) is 1. The summed E-state index contributed by atoms with van der Waals surface area (Å²) >= 11 is 7.11. The van der Waals surface area contributed by atoms with Crippen LogP contribution in [0.4, 0.5) is 5.69 Å². The standard InChI is InChI=1S/C12H8ClN3OS/c13-7-1-4-11(15-6-7)18-12-16-9-5-8(14)2-3-10(9)17-12/h1-6H,14H2. The van der Waals surface area contributed by atoms with E-state index in [0.29, 0.717) is 21.5 Å². The Kier molecular flexibility index (Phi) is 2.85. The van der Waals surface area contributed by atoms with Crippen molar-refractivity contribution < 1.29 is 4.42 Å². The molecule has 4 nitrogen and oxygen atoms in total. The van der Waals surface area contributed by atoms with Crippen LogP contribution in [-0.4, -0.2) is 9.97 Å². The summed E-state index contributed by atoms with van der Waals surface area (Å²) in [5.41, 5.74) is 7.80. The van der Waals surface area contributed by atoms with Crippen LogP contribution in [-0.2, 0) is 0 Å². The van der Waals surface area contributed by atoms with Crippen molar-refractivity contribution in [3.63, 3.8) is 0 Å². The number of nitrogens with zero attached hydrogens (tertiary/aromatic N) is 2. The molecule has 0 saturated carbocycles. The Morgan fingerprint density at radius 1 is 1.22 bits per heavy atom. The van der Waals surface area contributed by atoms with Crippen molar-refractivity contribution in [2.45, 2.75) is 10.2 Å². The minimum Gasteiger partial charge on any atom is -0.431 e. The van der Waals surface area contributed by atoms with Crippen LogP contribution in [0.2, 0.25) is 5.02 Å². The molecule has 2 heterocycles. The first-order chi connectivity index (χ1) is 8.70. The first-order valence-electron chi connectivity index (χ1n) is 5.16. The number of fused-ring (bicyclic) bond motifs is 1. The van der Waals surface area contributed by atoms with Gasteiger partial charge in [-0.05, 0) is 42.1 Å². The molecule has 0 spiro atoms. The van der Waals surface area contributed by atoms with Gasteiger partial charge in [-0.25, -0.2) is 9.97 Å². The average Bonchev–Trinajstić information content (AvgIpc) is 2.73. The summed E-state index contributed by atoms with van der Waals surface area (Å²) in [6.45, 7) is 0. The van der Waals surface area contributed by atoms with Crippen LogP contribution >= 0.6 is 23.4 Å². The van der Waals surface area contributed by atoms with Crippen LogP contribution in [0, 0.1) is 0 Å². The molecule has 2 aromatic heterocycles. The molecule has 0 fully saturated rings. The fraction of sp³-hybridized carbons (Fsp3) is 0. The molecule has 0 atom stereocenters. The van der Waals surface area contributed by atoms with Crippen molar-refractivity contribution in [3.05, 3.63) is 41.6 Å². The van der Waals surface area contributed by atoms with Gasteiger partial charge in [0.2, 0.25) is 0 Å². The second-order valence-corrected chi connectivity index (χ2v) is 5.03. The number of hydrogen-bond donors (Lipinski definition) is 1. The minimum absolute atomic E-state index is 0.533. The first-order valence-corrected chi connectivity index (χ1v) is 6.36. The Labute approximate surface area is 112 Å². The molecule has 6 heteroatoms. The lowest BCUT2D eigenvalue weighted by Crippen LogP contribution is -1.82. The monoisotopic (exact) mass is 277 g/mol. The Hall–Kier alpha value is -1.72. The lowest BCUT2D eigenvalue weighted by molar-refractivity contribution is 0.489. The molecule has 0 amide bonds. The van der Waals surface area contributed by atoms with E-state index in [1.807, 2.05) is 6.07 Å². The summed E-state index contributed by atoms with van der Waals surface area (Å²) in [6, 6.07) is 8.95. The number of benzene rings is 1. The van der Waals surface area contributed by atoms with E-state index in [9.17, 15) is 0 Å². The zero-order chi connectivity index (χ0) is 12.5. The van der Waals surface area contributed by atoms with E-state index in [1.54, 1.807) is 30.5 Å². The van der Waals surface area contributed by atoms with Crippen LogP contribution in [0.5, 0.6) is 0 Å². The van der Waals surface area contributed by atoms with Crippen LogP contribution in [0.3, 0.4) is 0 Å². The molecular formula is C12H8ClN3OS. The zero-order valence-corrected chi connectivity index (χ0v) is 10.7. The average molecular weight is 278 g/mol. The molecule has 1 aromatic carbocycles. The molecule has 3 rings (SSSR count). The van der Waals surface area contributed by atoms with Gasteiger partial charge in [-0.1, -0.05) is 11.6 Å². The molecule has 0 unspecified atom stereocenters. The van der Waals surface area contributed by atoms with Gasteiger partial charge in [0.1, 0.15) is 10.5 Å². The number of pyridine rings is 1. The third kappa shape index (κ3) is 2.27. The summed E-state index contributed by atoms with van der Waals surface area (Å²) in [5.74, 6) is 0. The zero-order valence-electron chi connectivity index (χ0n) is 9.13. The van der Waals surface area contributed by atoms with E-state index >= 15 is 0 Å². The highest BCUT2D eigenvalue weighted by atomic mass is 35.5. The Morgan fingerprint density at radius 2 is 2.11 bits per heavy atom. The van der Waals surface area contributed by atoms with Crippen molar-refractivity contribution in [1.82, 2.24) is 9.97 Å². The summed E-state index contributed by atoms with van der Waals surface area (Å²) in [7, 11) is 0. The fourth-order valence-corrected chi connectivity index (χ4v) is 2.29. The summed E-state index contributed by atoms with van der Waals surface area (Å²) in [5, 5.41) is 1.91. The summed E-state index contributed by atoms with van der Waals surface area (Å²) in [6.07, 6.45) is 1.59. The van der Waals surface area contributed by atoms with E-state index < -0.39 is 0 Å². The Balaban J connectivity index is 1.92. The number of oxazole rings is 1. The number of rotatable bonds is 2. The van der Waals surface area contributed by atoms with Crippen molar-refractivity contribution in [2.24, 2.45) is 0 Å². The number of anilines is 1. The third-order valence-electron chi connectivity index (χ3n) is 2.28. The van der Waals surface area contributed by atoms with Gasteiger partial charge in [-0.15, -0.1) is 0 Å². The second kappa shape index (κ2) is 4.51. The third-order valence-corrected chi connectivity index (χ3v) is 3.31. The quantitative estimate of drug-likeness (QED) is 0.725. The maximum absolute atomic E-state index is 5.77. The fourth-order valence-electron chi connectivity index (χ4n) is 1.48. The van der Waals surface area contributed by atoms with Crippen LogP contribution in [0.15, 0.2) is 51.2 Å². The van der Waals surface area contributed by atoms with Gasteiger partial charge < -0.3 is 10.2 Å². The molecular weight excluding hydrogens is 270 g/mol. The van der Waals surface area contributed by atoms with Crippen molar-refractivity contribution in [2.75, 3.05) is 5.73 Å². The number of hydrogen-bond acceptors (Lipinski definition) is 5. The first kappa shape index (κ1) is 11.4. The Morgan fingerprint density at radius 3 is 2.89 bits per heavy atom. The van der Waals surface area contributed by atoms with E-state index in [0.717, 1.165) is 10.5 Å². The largest absolute Gasteiger partial charge is 0.431 e. The van der Waals surface area contributed by atoms with E-state index in [-0.39, 0.29) is 0 Å². The van der Waals surface area contributed by atoms with Crippen molar-refractivity contribution >= 4 is 40.1 Å². The lowest BCUT2D eigenvalue weighted by Gasteiger charge is -1.94. The topological polar surface area (TPSA) is 64.9 Å². The molecule has 90 valence electrons. The minimum atomic E-state index is 0.533. The highest BCUT2D eigenvalue weighted by Gasteiger charge is 2.08. The van der Waals surface area contributed by atoms with Crippen molar-refractivity contribution in [1.29, 1.82) is 0 Å². The summed E-state index contributed by atoms with van der Waals surface area (Å²) in [4.78, 5) is 8.50. The molecule has 0 radical (unpaired) electrons. The van der Waals surface area contributed by atoms with Gasteiger partial charge in [-0.2, -0.15) is 0 Å². The number of nitrogen functional groups attached to an aromatic ring is 1. The Bertz CT molecular complexity index is 696. The van der Waals surface area contributed by atoms with Gasteiger partial charge in [-0.3, -0.25) is 0 Å². The molecule has 0 bridgehead atoms. The summed E-state index contributed by atoms with van der Waals surface area (Å²) < 4.78 is 5.58. The second-order valence-electron chi connectivity index (χ2n) is 3.62. The highest BCUT2D eigenvalue weighted by Crippen LogP contribution is 2.29. The van der Waals surface area contributed by atoms with Gasteiger partial charge in [0.05, 0.1) is 5.02 Å². The van der Waals surface area contributed by atoms with Gasteiger partial charge in [0.25, 0.3) is 5.22 Å². The van der Waals surface area contributed by atoms with Gasteiger partial charge in [0, 0.05) is 11.9 Å². The molecule has 2 N–H and O–H groups in total. The molecule has 0 aliphatic rings. The highest BCUT2D eigenvalue weighted by molar-refractivity contribution is 7.99. The predicted octanol–water partition coefficient (Wildman–Crippen LogP) is 3.61. The van der Waals surface area contributed by atoms with Gasteiger partial charge >= 0.3 is 0 Å². The maximum Gasteiger partial charge on any atom is 0.263 e. The molecule has 0 saturated heterocycles. The van der Waals surface area contributed by atoms with Crippen LogP contribution in [0.1, 0.15) is 0 Å².